The summed E-state index contributed by atoms with van der Waals surface area (Å²) in [5.74, 6) is 0.619. The Kier molecular flexibility index (Phi) is 4.21. The minimum absolute atomic E-state index is 0.00929. The third-order valence-corrected chi connectivity index (χ3v) is 10.3. The summed E-state index contributed by atoms with van der Waals surface area (Å²) in [5, 5.41) is 0. The Bertz CT molecular complexity index is 772. The summed E-state index contributed by atoms with van der Waals surface area (Å²) >= 11 is 0. The number of fused-ring (bicyclic) bond motifs is 1. The standard InChI is InChI=1S/C19H31N3O4S/c1-13(17(24)21-9-7-20(8-10-21)14(2)23)22-16-11-15-5-6-19(16,18(15,3)4)12-27(22,25)26/h13,15-16H,5-12H2,1-4H3/t13?,15-,16-,19?/m1/s1. The van der Waals surface area contributed by atoms with Crippen LogP contribution >= 0.6 is 0 Å². The van der Waals surface area contributed by atoms with Crippen LogP contribution in [0.4, 0.5) is 0 Å². The van der Waals surface area contributed by atoms with Crippen molar-refractivity contribution in [3.8, 4) is 0 Å². The van der Waals surface area contributed by atoms with Gasteiger partial charge in [-0.05, 0) is 37.5 Å². The van der Waals surface area contributed by atoms with Gasteiger partial charge in [0.25, 0.3) is 0 Å². The van der Waals surface area contributed by atoms with Crippen molar-refractivity contribution in [2.45, 2.75) is 59.0 Å². The summed E-state index contributed by atoms with van der Waals surface area (Å²) in [6, 6.07) is -0.716. The average Bonchev–Trinajstić information content (AvgIpc) is 3.08. The summed E-state index contributed by atoms with van der Waals surface area (Å²) < 4.78 is 27.8. The summed E-state index contributed by atoms with van der Waals surface area (Å²) in [6.07, 6.45) is 2.92. The van der Waals surface area contributed by atoms with Gasteiger partial charge >= 0.3 is 0 Å². The zero-order valence-corrected chi connectivity index (χ0v) is 17.6. The Morgan fingerprint density at radius 2 is 1.67 bits per heavy atom. The average molecular weight is 398 g/mol. The quantitative estimate of drug-likeness (QED) is 0.694. The Hall–Kier alpha value is -1.15. The minimum Gasteiger partial charge on any atom is -0.339 e. The predicted molar refractivity (Wildman–Crippen MR) is 101 cm³/mol. The van der Waals surface area contributed by atoms with Crippen molar-refractivity contribution in [2.24, 2.45) is 16.7 Å². The molecule has 8 heteroatoms. The molecule has 27 heavy (non-hydrogen) atoms. The first-order valence-corrected chi connectivity index (χ1v) is 11.7. The maximum Gasteiger partial charge on any atom is 0.240 e. The maximum atomic E-state index is 13.1. The Morgan fingerprint density at radius 1 is 1.07 bits per heavy atom. The fourth-order valence-electron chi connectivity index (χ4n) is 6.45. The topological polar surface area (TPSA) is 78.0 Å². The third-order valence-electron chi connectivity index (χ3n) is 8.23. The van der Waals surface area contributed by atoms with Crippen molar-refractivity contribution in [3.05, 3.63) is 0 Å². The number of hydrogen-bond acceptors (Lipinski definition) is 4. The summed E-state index contributed by atoms with van der Waals surface area (Å²) in [4.78, 5) is 28.1. The van der Waals surface area contributed by atoms with Crippen LogP contribution in [-0.4, -0.2) is 78.4 Å². The third kappa shape index (κ3) is 2.51. The summed E-state index contributed by atoms with van der Waals surface area (Å²) in [7, 11) is -3.45. The highest BCUT2D eigenvalue weighted by Crippen LogP contribution is 2.70. The first-order valence-electron chi connectivity index (χ1n) is 10.1. The van der Waals surface area contributed by atoms with Crippen LogP contribution in [0.2, 0.25) is 0 Å². The lowest BCUT2D eigenvalue weighted by Crippen LogP contribution is -2.56. The number of sulfonamides is 1. The molecule has 2 bridgehead atoms. The Balaban J connectivity index is 1.55. The van der Waals surface area contributed by atoms with Gasteiger partial charge in [-0.1, -0.05) is 13.8 Å². The van der Waals surface area contributed by atoms with Crippen LogP contribution in [0.5, 0.6) is 0 Å². The van der Waals surface area contributed by atoms with E-state index in [9.17, 15) is 18.0 Å². The van der Waals surface area contributed by atoms with Crippen molar-refractivity contribution in [2.75, 3.05) is 31.9 Å². The zero-order chi connectivity index (χ0) is 19.8. The molecule has 2 saturated carbocycles. The molecule has 2 unspecified atom stereocenters. The van der Waals surface area contributed by atoms with Gasteiger partial charge < -0.3 is 9.80 Å². The number of carbonyl (C=O) groups is 2. The molecule has 2 amide bonds. The highest BCUT2D eigenvalue weighted by Gasteiger charge is 2.72. The molecule has 4 aliphatic rings. The molecule has 2 heterocycles. The second-order valence-electron chi connectivity index (χ2n) is 9.46. The SMILES string of the molecule is CC(=O)N1CCN(C(=O)C(C)N2[C@@H]3C[C@H]4CCC3(CS2(=O)=O)C4(C)C)CC1. The molecule has 7 nitrogen and oxygen atoms in total. The molecule has 152 valence electrons. The second-order valence-corrected chi connectivity index (χ2v) is 11.3. The van der Waals surface area contributed by atoms with E-state index in [1.165, 1.54) is 6.92 Å². The van der Waals surface area contributed by atoms with Crippen molar-refractivity contribution in [3.63, 3.8) is 0 Å². The van der Waals surface area contributed by atoms with Crippen molar-refractivity contribution in [1.82, 2.24) is 14.1 Å². The molecule has 4 rings (SSSR count). The van der Waals surface area contributed by atoms with Crippen LogP contribution in [0.25, 0.3) is 0 Å². The number of piperazine rings is 1. The van der Waals surface area contributed by atoms with Gasteiger partial charge in [-0.3, -0.25) is 9.59 Å². The molecule has 4 atom stereocenters. The van der Waals surface area contributed by atoms with Gasteiger partial charge in [-0.25, -0.2) is 8.42 Å². The maximum absolute atomic E-state index is 13.1. The number of rotatable bonds is 2. The number of hydrogen-bond donors (Lipinski definition) is 0. The smallest absolute Gasteiger partial charge is 0.240 e. The highest BCUT2D eigenvalue weighted by atomic mass is 32.2. The molecular weight excluding hydrogens is 366 g/mol. The van der Waals surface area contributed by atoms with Crippen molar-refractivity contribution >= 4 is 21.8 Å². The van der Waals surface area contributed by atoms with E-state index in [1.807, 2.05) is 0 Å². The van der Waals surface area contributed by atoms with Crippen LogP contribution in [0, 0.1) is 16.7 Å². The monoisotopic (exact) mass is 397 g/mol. The fraction of sp³-hybridized carbons (Fsp3) is 0.895. The van der Waals surface area contributed by atoms with E-state index in [0.29, 0.717) is 32.1 Å². The van der Waals surface area contributed by atoms with Crippen molar-refractivity contribution < 1.29 is 18.0 Å². The summed E-state index contributed by atoms with van der Waals surface area (Å²) in [6.45, 7) is 9.70. The number of carbonyl (C=O) groups excluding carboxylic acids is 2. The second kappa shape index (κ2) is 5.92. The molecule has 4 fully saturated rings. The Labute approximate surface area is 162 Å². The van der Waals surface area contributed by atoms with E-state index in [-0.39, 0.29) is 34.4 Å². The molecule has 2 aliphatic heterocycles. The van der Waals surface area contributed by atoms with E-state index in [1.54, 1.807) is 21.0 Å². The van der Waals surface area contributed by atoms with Crippen LogP contribution in [0.3, 0.4) is 0 Å². The van der Waals surface area contributed by atoms with Gasteiger partial charge in [0, 0.05) is 44.6 Å². The molecule has 1 spiro atoms. The molecule has 0 aromatic carbocycles. The Morgan fingerprint density at radius 3 is 2.22 bits per heavy atom. The van der Waals surface area contributed by atoms with E-state index in [0.717, 1.165) is 19.3 Å². The molecule has 0 aromatic rings. The van der Waals surface area contributed by atoms with Crippen molar-refractivity contribution in [1.29, 1.82) is 0 Å². The normalized spacial score (nSPS) is 38.1. The zero-order valence-electron chi connectivity index (χ0n) is 16.8. The van der Waals surface area contributed by atoms with Gasteiger partial charge in [0.05, 0.1) is 5.75 Å². The first-order chi connectivity index (χ1) is 12.5. The van der Waals surface area contributed by atoms with E-state index < -0.39 is 16.1 Å². The van der Waals surface area contributed by atoms with E-state index in [4.69, 9.17) is 0 Å². The molecule has 2 aliphatic carbocycles. The minimum atomic E-state index is -3.45. The first kappa shape index (κ1) is 19.2. The summed E-state index contributed by atoms with van der Waals surface area (Å²) in [5.41, 5.74) is -0.201. The van der Waals surface area contributed by atoms with E-state index >= 15 is 0 Å². The lowest BCUT2D eigenvalue weighted by atomic mass is 9.69. The van der Waals surface area contributed by atoms with Crippen LogP contribution in [0.15, 0.2) is 0 Å². The molecule has 0 aromatic heterocycles. The molecule has 0 N–H and O–H groups in total. The highest BCUT2D eigenvalue weighted by molar-refractivity contribution is 7.89. The lowest BCUT2D eigenvalue weighted by molar-refractivity contribution is -0.141. The fourth-order valence-corrected chi connectivity index (χ4v) is 9.20. The van der Waals surface area contributed by atoms with Crippen LogP contribution in [0.1, 0.15) is 47.0 Å². The van der Waals surface area contributed by atoms with Gasteiger partial charge in [0.2, 0.25) is 21.8 Å². The van der Waals surface area contributed by atoms with Crippen LogP contribution in [-0.2, 0) is 19.6 Å². The molecule has 2 saturated heterocycles. The predicted octanol–water partition coefficient (Wildman–Crippen LogP) is 0.906. The van der Waals surface area contributed by atoms with Gasteiger partial charge in [-0.2, -0.15) is 4.31 Å². The lowest BCUT2D eigenvalue weighted by Gasteiger charge is -2.40. The molecule has 0 radical (unpaired) electrons. The molecular formula is C19H31N3O4S. The van der Waals surface area contributed by atoms with E-state index in [2.05, 4.69) is 13.8 Å². The number of amides is 2. The van der Waals surface area contributed by atoms with Crippen LogP contribution < -0.4 is 0 Å². The van der Waals surface area contributed by atoms with Gasteiger partial charge in [-0.15, -0.1) is 0 Å². The largest absolute Gasteiger partial charge is 0.339 e. The van der Waals surface area contributed by atoms with Gasteiger partial charge in [0.1, 0.15) is 6.04 Å². The number of nitrogens with zero attached hydrogens (tertiary/aromatic N) is 3. The van der Waals surface area contributed by atoms with Gasteiger partial charge in [0.15, 0.2) is 0 Å².